The van der Waals surface area contributed by atoms with Gasteiger partial charge in [-0.3, -0.25) is 4.68 Å². The number of aryl methyl sites for hydroxylation is 1. The highest BCUT2D eigenvalue weighted by molar-refractivity contribution is 5.80. The molecule has 3 atom stereocenters. The van der Waals surface area contributed by atoms with E-state index in [4.69, 9.17) is 4.74 Å². The number of methoxy groups -OCH3 is 1. The molecule has 0 saturated carbocycles. The lowest BCUT2D eigenvalue weighted by atomic mass is 9.80. The molecule has 2 unspecified atom stereocenters. The Kier molecular flexibility index (Phi) is 6.35. The second kappa shape index (κ2) is 9.34. The average Bonchev–Trinajstić information content (AvgIpc) is 3.21. The molecular formula is C25H30N6O. The fourth-order valence-electron chi connectivity index (χ4n) is 4.07. The van der Waals surface area contributed by atoms with E-state index in [2.05, 4.69) is 64.3 Å². The summed E-state index contributed by atoms with van der Waals surface area (Å²) in [5.74, 6) is 3.03. The highest BCUT2D eigenvalue weighted by atomic mass is 16.5. The lowest BCUT2D eigenvalue weighted by Crippen LogP contribution is -2.23. The van der Waals surface area contributed by atoms with Gasteiger partial charge in [-0.05, 0) is 35.4 Å². The number of pyridine rings is 1. The van der Waals surface area contributed by atoms with Gasteiger partial charge < -0.3 is 10.1 Å². The van der Waals surface area contributed by atoms with Crippen LogP contribution in [0.15, 0.2) is 55.1 Å². The third-order valence-electron chi connectivity index (χ3n) is 6.46. The van der Waals surface area contributed by atoms with Crippen LogP contribution in [-0.2, 0) is 7.05 Å². The van der Waals surface area contributed by atoms with Gasteiger partial charge in [-0.15, -0.1) is 0 Å². The van der Waals surface area contributed by atoms with Crippen molar-refractivity contribution in [2.45, 2.75) is 26.7 Å². The van der Waals surface area contributed by atoms with E-state index in [1.54, 1.807) is 18.1 Å². The second-order valence-corrected chi connectivity index (χ2v) is 8.44. The molecule has 0 amide bonds. The molecule has 1 aromatic carbocycles. The van der Waals surface area contributed by atoms with Crippen LogP contribution in [0.1, 0.15) is 32.3 Å². The number of para-hydroxylation sites is 1. The summed E-state index contributed by atoms with van der Waals surface area (Å²) in [4.78, 5) is 13.4. The molecule has 1 N–H and O–H groups in total. The molecule has 3 heterocycles. The summed E-state index contributed by atoms with van der Waals surface area (Å²) < 4.78 is 7.33. The number of anilines is 1. The maximum absolute atomic E-state index is 5.57. The number of fused-ring (bicyclic) bond motifs is 1. The quantitative estimate of drug-likeness (QED) is 0.427. The number of benzene rings is 1. The molecule has 0 aliphatic carbocycles. The molecule has 4 aromatic rings. The number of nitrogens with one attached hydrogen (secondary N) is 1. The Morgan fingerprint density at radius 2 is 1.84 bits per heavy atom. The van der Waals surface area contributed by atoms with Crippen LogP contribution in [0.5, 0.6) is 5.75 Å². The van der Waals surface area contributed by atoms with Gasteiger partial charge in [0.15, 0.2) is 5.65 Å². The van der Waals surface area contributed by atoms with Crippen LogP contribution < -0.4 is 10.1 Å². The molecule has 0 fully saturated rings. The van der Waals surface area contributed by atoms with Crippen molar-refractivity contribution >= 4 is 16.9 Å². The van der Waals surface area contributed by atoms with Gasteiger partial charge in [0, 0.05) is 36.8 Å². The van der Waals surface area contributed by atoms with Crippen LogP contribution >= 0.6 is 0 Å². The number of rotatable bonds is 8. The first-order valence-corrected chi connectivity index (χ1v) is 10.9. The molecule has 0 saturated heterocycles. The Morgan fingerprint density at radius 1 is 1.03 bits per heavy atom. The molecule has 166 valence electrons. The summed E-state index contributed by atoms with van der Waals surface area (Å²) in [5.41, 5.74) is 3.89. The summed E-state index contributed by atoms with van der Waals surface area (Å²) in [7, 11) is 3.62. The number of nitrogens with zero attached hydrogens (tertiary/aromatic N) is 5. The third-order valence-corrected chi connectivity index (χ3v) is 6.46. The van der Waals surface area contributed by atoms with Crippen molar-refractivity contribution in [3.05, 3.63) is 60.7 Å². The number of hydrogen-bond acceptors (Lipinski definition) is 6. The van der Waals surface area contributed by atoms with Gasteiger partial charge in [0.2, 0.25) is 0 Å². The van der Waals surface area contributed by atoms with E-state index in [9.17, 15) is 0 Å². The number of hydrogen-bond donors (Lipinski definition) is 1. The first kappa shape index (κ1) is 21.7. The van der Waals surface area contributed by atoms with Crippen LogP contribution in [-0.4, -0.2) is 38.4 Å². The zero-order valence-electron chi connectivity index (χ0n) is 19.3. The number of aromatic nitrogens is 5. The minimum absolute atomic E-state index is 0.376. The molecule has 0 spiro atoms. The van der Waals surface area contributed by atoms with Crippen molar-refractivity contribution < 1.29 is 4.74 Å². The summed E-state index contributed by atoms with van der Waals surface area (Å²) in [6.07, 6.45) is 5.24. The maximum atomic E-state index is 5.57. The summed E-state index contributed by atoms with van der Waals surface area (Å²) in [6, 6.07) is 12.3. The van der Waals surface area contributed by atoms with Gasteiger partial charge in [-0.25, -0.2) is 15.0 Å². The molecule has 32 heavy (non-hydrogen) atoms. The Morgan fingerprint density at radius 3 is 2.66 bits per heavy atom. The molecule has 0 aliphatic rings. The summed E-state index contributed by atoms with van der Waals surface area (Å²) >= 11 is 0. The standard InChI is InChI=1S/C25H30N6O/c1-16(17(2)18(3)21-8-6-7-9-23(21)32-5)12-26-24-11-22(28-15-29-24)19-10-20-14-30-31(4)25(20)27-13-19/h6-11,13-18H,12H2,1-5H3,(H,26,28,29)/t16?,17-,18?/m1/s1. The van der Waals surface area contributed by atoms with Gasteiger partial charge in [0.25, 0.3) is 0 Å². The second-order valence-electron chi connectivity index (χ2n) is 8.44. The van der Waals surface area contributed by atoms with Gasteiger partial charge in [0.1, 0.15) is 17.9 Å². The SMILES string of the molecule is COc1ccccc1C(C)[C@H](C)C(C)CNc1cc(-c2cnc3c(cnn3C)c2)ncn1. The predicted molar refractivity (Wildman–Crippen MR) is 128 cm³/mol. The lowest BCUT2D eigenvalue weighted by Gasteiger charge is -2.28. The zero-order valence-corrected chi connectivity index (χ0v) is 19.3. The highest BCUT2D eigenvalue weighted by Gasteiger charge is 2.23. The molecule has 0 bridgehead atoms. The van der Waals surface area contributed by atoms with Crippen LogP contribution in [0.3, 0.4) is 0 Å². The normalized spacial score (nSPS) is 14.2. The monoisotopic (exact) mass is 430 g/mol. The van der Waals surface area contributed by atoms with Crippen LogP contribution in [0.4, 0.5) is 5.82 Å². The van der Waals surface area contributed by atoms with Crippen molar-refractivity contribution in [3.8, 4) is 17.0 Å². The molecule has 0 aliphatic heterocycles. The Hall–Kier alpha value is -3.48. The third kappa shape index (κ3) is 4.42. The van der Waals surface area contributed by atoms with E-state index in [0.29, 0.717) is 17.8 Å². The minimum atomic E-state index is 0.376. The van der Waals surface area contributed by atoms with Crippen LogP contribution in [0.2, 0.25) is 0 Å². The zero-order chi connectivity index (χ0) is 22.7. The molecular weight excluding hydrogens is 400 g/mol. The smallest absolute Gasteiger partial charge is 0.157 e. The van der Waals surface area contributed by atoms with Crippen molar-refractivity contribution in [1.82, 2.24) is 24.7 Å². The van der Waals surface area contributed by atoms with E-state index in [1.165, 1.54) is 5.56 Å². The molecule has 0 radical (unpaired) electrons. The topological polar surface area (TPSA) is 77.8 Å². The Balaban J connectivity index is 1.44. The molecule has 4 rings (SSSR count). The van der Waals surface area contributed by atoms with Crippen molar-refractivity contribution in [3.63, 3.8) is 0 Å². The molecule has 3 aromatic heterocycles. The average molecular weight is 431 g/mol. The van der Waals surface area contributed by atoms with E-state index < -0.39 is 0 Å². The summed E-state index contributed by atoms with van der Waals surface area (Å²) in [5, 5.41) is 8.75. The van der Waals surface area contributed by atoms with Crippen molar-refractivity contribution in [2.75, 3.05) is 19.0 Å². The Labute approximate surface area is 188 Å². The van der Waals surface area contributed by atoms with Crippen LogP contribution in [0.25, 0.3) is 22.3 Å². The van der Waals surface area contributed by atoms with Gasteiger partial charge >= 0.3 is 0 Å². The minimum Gasteiger partial charge on any atom is -0.496 e. The first-order chi connectivity index (χ1) is 15.5. The van der Waals surface area contributed by atoms with Crippen molar-refractivity contribution in [1.29, 1.82) is 0 Å². The fourth-order valence-corrected chi connectivity index (χ4v) is 4.07. The Bertz CT molecular complexity index is 1200. The lowest BCUT2D eigenvalue weighted by molar-refractivity contribution is 0.338. The van der Waals surface area contributed by atoms with Crippen LogP contribution in [0, 0.1) is 11.8 Å². The maximum Gasteiger partial charge on any atom is 0.157 e. The van der Waals surface area contributed by atoms with Gasteiger partial charge in [0.05, 0.1) is 19.0 Å². The number of ether oxygens (including phenoxy) is 1. The molecule has 7 heteroatoms. The van der Waals surface area contributed by atoms with E-state index in [-0.39, 0.29) is 0 Å². The fraction of sp³-hybridized carbons (Fsp3) is 0.360. The van der Waals surface area contributed by atoms with Gasteiger partial charge in [-0.1, -0.05) is 39.0 Å². The van der Waals surface area contributed by atoms with E-state index in [1.807, 2.05) is 37.6 Å². The largest absolute Gasteiger partial charge is 0.496 e. The van der Waals surface area contributed by atoms with E-state index in [0.717, 1.165) is 40.4 Å². The van der Waals surface area contributed by atoms with E-state index >= 15 is 0 Å². The van der Waals surface area contributed by atoms with Crippen molar-refractivity contribution in [2.24, 2.45) is 18.9 Å². The predicted octanol–water partition coefficient (Wildman–Crippen LogP) is 4.92. The first-order valence-electron chi connectivity index (χ1n) is 10.9. The summed E-state index contributed by atoms with van der Waals surface area (Å²) in [6.45, 7) is 7.65. The van der Waals surface area contributed by atoms with Gasteiger partial charge in [-0.2, -0.15) is 5.10 Å². The molecule has 7 nitrogen and oxygen atoms in total. The highest BCUT2D eigenvalue weighted by Crippen LogP contribution is 2.35.